The van der Waals surface area contributed by atoms with Gasteiger partial charge in [0.15, 0.2) is 17.4 Å². The van der Waals surface area contributed by atoms with Crippen LogP contribution in [0.2, 0.25) is 0 Å². The van der Waals surface area contributed by atoms with Crippen molar-refractivity contribution >= 4 is 5.78 Å². The van der Waals surface area contributed by atoms with Gasteiger partial charge in [0.1, 0.15) is 0 Å². The fraction of sp³-hybridized carbons (Fsp3) is 0.417. The van der Waals surface area contributed by atoms with Crippen LogP contribution in [-0.4, -0.2) is 12.3 Å². The van der Waals surface area contributed by atoms with Gasteiger partial charge in [0.25, 0.3) is 0 Å². The lowest BCUT2D eigenvalue weighted by molar-refractivity contribution is 0.0891. The maximum atomic E-state index is 12.9. The zero-order chi connectivity index (χ0) is 12.3. The van der Waals surface area contributed by atoms with Crippen LogP contribution in [0.15, 0.2) is 18.2 Å². The van der Waals surface area contributed by atoms with Gasteiger partial charge in [0.2, 0.25) is 0 Å². The number of hydrogen-bond donors (Lipinski definition) is 1. The van der Waals surface area contributed by atoms with Gasteiger partial charge in [0.05, 0.1) is 0 Å². The van der Waals surface area contributed by atoms with Gasteiger partial charge in [-0.1, -0.05) is 13.8 Å². The molecule has 1 aromatic carbocycles. The van der Waals surface area contributed by atoms with E-state index in [1.165, 1.54) is 6.07 Å². The van der Waals surface area contributed by atoms with Crippen LogP contribution in [0.25, 0.3) is 0 Å². The Morgan fingerprint density at radius 1 is 1.31 bits per heavy atom. The highest BCUT2D eigenvalue weighted by atomic mass is 19.2. The Bertz CT molecular complexity index is 391. The molecular formula is C12H15F2NO. The van der Waals surface area contributed by atoms with Crippen molar-refractivity contribution in [3.63, 3.8) is 0 Å². The summed E-state index contributed by atoms with van der Waals surface area (Å²) in [5, 5.41) is 0. The van der Waals surface area contributed by atoms with E-state index in [2.05, 4.69) is 0 Å². The largest absolute Gasteiger partial charge is 0.330 e. The van der Waals surface area contributed by atoms with Crippen LogP contribution in [0.1, 0.15) is 24.2 Å². The van der Waals surface area contributed by atoms with E-state index in [1.807, 2.05) is 13.8 Å². The zero-order valence-corrected chi connectivity index (χ0v) is 9.34. The molecule has 0 saturated carbocycles. The van der Waals surface area contributed by atoms with E-state index < -0.39 is 11.6 Å². The van der Waals surface area contributed by atoms with Crippen molar-refractivity contribution in [2.24, 2.45) is 17.6 Å². The molecule has 1 atom stereocenters. The van der Waals surface area contributed by atoms with Crippen molar-refractivity contribution in [3.8, 4) is 0 Å². The number of nitrogens with two attached hydrogens (primary N) is 1. The lowest BCUT2D eigenvalue weighted by atomic mass is 9.88. The fourth-order valence-electron chi connectivity index (χ4n) is 1.55. The number of carbonyl (C=O) groups excluding carboxylic acids is 1. The van der Waals surface area contributed by atoms with Crippen LogP contribution in [0.3, 0.4) is 0 Å². The van der Waals surface area contributed by atoms with Crippen molar-refractivity contribution in [2.45, 2.75) is 13.8 Å². The van der Waals surface area contributed by atoms with Crippen molar-refractivity contribution in [1.82, 2.24) is 0 Å². The minimum atomic E-state index is -1.01. The second-order valence-electron chi connectivity index (χ2n) is 4.08. The predicted octanol–water partition coefficient (Wildman–Crippen LogP) is 2.38. The number of halogens is 2. The van der Waals surface area contributed by atoms with E-state index in [0.29, 0.717) is 0 Å². The summed E-state index contributed by atoms with van der Waals surface area (Å²) >= 11 is 0. The molecule has 0 bridgehead atoms. The van der Waals surface area contributed by atoms with E-state index in [9.17, 15) is 13.6 Å². The predicted molar refractivity (Wildman–Crippen MR) is 58.1 cm³/mol. The van der Waals surface area contributed by atoms with Crippen LogP contribution >= 0.6 is 0 Å². The standard InChI is InChI=1S/C12H15F2NO/c1-7(2)9(6-15)12(16)8-3-4-10(13)11(14)5-8/h3-5,7,9H,6,15H2,1-2H3. The van der Waals surface area contributed by atoms with Crippen LogP contribution in [0.4, 0.5) is 8.78 Å². The van der Waals surface area contributed by atoms with Gasteiger partial charge in [-0.25, -0.2) is 8.78 Å². The Labute approximate surface area is 93.5 Å². The average molecular weight is 227 g/mol. The molecule has 1 rings (SSSR count). The summed E-state index contributed by atoms with van der Waals surface area (Å²) in [5.41, 5.74) is 5.66. The van der Waals surface area contributed by atoms with E-state index in [-0.39, 0.29) is 29.7 Å². The first-order valence-electron chi connectivity index (χ1n) is 5.16. The zero-order valence-electron chi connectivity index (χ0n) is 9.34. The molecule has 4 heteroatoms. The van der Waals surface area contributed by atoms with Crippen molar-refractivity contribution in [3.05, 3.63) is 35.4 Å². The lowest BCUT2D eigenvalue weighted by Crippen LogP contribution is -2.28. The number of benzene rings is 1. The third kappa shape index (κ3) is 2.64. The molecule has 0 radical (unpaired) electrons. The third-order valence-electron chi connectivity index (χ3n) is 2.60. The minimum absolute atomic E-state index is 0.0746. The number of hydrogen-bond acceptors (Lipinski definition) is 2. The molecular weight excluding hydrogens is 212 g/mol. The Morgan fingerprint density at radius 3 is 2.38 bits per heavy atom. The van der Waals surface area contributed by atoms with Gasteiger partial charge in [-0.2, -0.15) is 0 Å². The molecule has 0 spiro atoms. The maximum Gasteiger partial charge on any atom is 0.167 e. The number of Topliss-reactive ketones (excluding diaryl/α,β-unsaturated/α-hetero) is 1. The number of ketones is 1. The van der Waals surface area contributed by atoms with Crippen LogP contribution < -0.4 is 5.73 Å². The topological polar surface area (TPSA) is 43.1 Å². The molecule has 2 N–H and O–H groups in total. The van der Waals surface area contributed by atoms with Crippen LogP contribution in [0, 0.1) is 23.5 Å². The monoisotopic (exact) mass is 227 g/mol. The maximum absolute atomic E-state index is 12.9. The Balaban J connectivity index is 2.99. The van der Waals surface area contributed by atoms with E-state index in [1.54, 1.807) is 0 Å². The molecule has 0 aliphatic carbocycles. The van der Waals surface area contributed by atoms with Gasteiger partial charge in [-0.3, -0.25) is 4.79 Å². The molecule has 0 heterocycles. The van der Waals surface area contributed by atoms with Gasteiger partial charge >= 0.3 is 0 Å². The number of rotatable bonds is 4. The molecule has 2 nitrogen and oxygen atoms in total. The van der Waals surface area contributed by atoms with Gasteiger partial charge in [-0.15, -0.1) is 0 Å². The normalized spacial score (nSPS) is 12.9. The molecule has 0 amide bonds. The smallest absolute Gasteiger partial charge is 0.167 e. The average Bonchev–Trinajstić information content (AvgIpc) is 2.22. The van der Waals surface area contributed by atoms with Crippen molar-refractivity contribution < 1.29 is 13.6 Å². The lowest BCUT2D eigenvalue weighted by Gasteiger charge is -2.17. The molecule has 88 valence electrons. The van der Waals surface area contributed by atoms with Gasteiger partial charge in [0, 0.05) is 18.0 Å². The summed E-state index contributed by atoms with van der Waals surface area (Å²) in [4.78, 5) is 11.9. The second-order valence-corrected chi connectivity index (χ2v) is 4.08. The number of carbonyl (C=O) groups is 1. The summed E-state index contributed by atoms with van der Waals surface area (Å²) in [6.45, 7) is 3.94. The first kappa shape index (κ1) is 12.8. The fourth-order valence-corrected chi connectivity index (χ4v) is 1.55. The molecule has 0 saturated heterocycles. The minimum Gasteiger partial charge on any atom is -0.330 e. The molecule has 16 heavy (non-hydrogen) atoms. The van der Waals surface area contributed by atoms with Crippen molar-refractivity contribution in [1.29, 1.82) is 0 Å². The highest BCUT2D eigenvalue weighted by molar-refractivity contribution is 5.98. The van der Waals surface area contributed by atoms with Crippen LogP contribution in [-0.2, 0) is 0 Å². The summed E-state index contributed by atoms with van der Waals surface area (Å²) < 4.78 is 25.6. The first-order chi connectivity index (χ1) is 7.47. The third-order valence-corrected chi connectivity index (χ3v) is 2.60. The van der Waals surface area contributed by atoms with Gasteiger partial charge in [-0.05, 0) is 24.1 Å². The van der Waals surface area contributed by atoms with E-state index in [0.717, 1.165) is 12.1 Å². The Kier molecular flexibility index (Phi) is 4.12. The van der Waals surface area contributed by atoms with E-state index in [4.69, 9.17) is 5.73 Å². The first-order valence-corrected chi connectivity index (χ1v) is 5.16. The summed E-state index contributed by atoms with van der Waals surface area (Å²) in [5.74, 6) is -2.48. The molecule has 0 fully saturated rings. The van der Waals surface area contributed by atoms with E-state index >= 15 is 0 Å². The molecule has 0 aliphatic rings. The highest BCUT2D eigenvalue weighted by Gasteiger charge is 2.22. The summed E-state index contributed by atoms with van der Waals surface area (Å²) in [6, 6.07) is 3.16. The van der Waals surface area contributed by atoms with Crippen LogP contribution in [0.5, 0.6) is 0 Å². The summed E-state index contributed by atoms with van der Waals surface area (Å²) in [6.07, 6.45) is 0. The quantitative estimate of drug-likeness (QED) is 0.802. The Morgan fingerprint density at radius 2 is 1.94 bits per heavy atom. The molecule has 1 unspecified atom stereocenters. The molecule has 1 aromatic rings. The SMILES string of the molecule is CC(C)C(CN)C(=O)c1ccc(F)c(F)c1. The Hall–Kier alpha value is -1.29. The second kappa shape index (κ2) is 5.16. The summed E-state index contributed by atoms with van der Waals surface area (Å²) in [7, 11) is 0. The van der Waals surface area contributed by atoms with Gasteiger partial charge < -0.3 is 5.73 Å². The molecule has 0 aliphatic heterocycles. The highest BCUT2D eigenvalue weighted by Crippen LogP contribution is 2.18. The van der Waals surface area contributed by atoms with Crippen molar-refractivity contribution in [2.75, 3.05) is 6.54 Å². The molecule has 0 aromatic heterocycles.